The Morgan fingerprint density at radius 3 is 2.55 bits per heavy atom. The van der Waals surface area contributed by atoms with Gasteiger partial charge in [-0.25, -0.2) is 0 Å². The predicted octanol–water partition coefficient (Wildman–Crippen LogP) is 0.282. The van der Waals surface area contributed by atoms with Gasteiger partial charge in [-0.05, 0) is 47.5 Å². The zero-order valence-electron chi connectivity index (χ0n) is 15.9. The fourth-order valence-corrected chi connectivity index (χ4v) is 3.38. The molecule has 2 amide bonds. The molecule has 0 aliphatic carbocycles. The number of nitrogens with zero attached hydrogens (tertiary/aromatic N) is 6. The van der Waals surface area contributed by atoms with Crippen molar-refractivity contribution in [2.45, 2.75) is 12.8 Å². The minimum Gasteiger partial charge on any atom is -0.355 e. The smallest absolute Gasteiger partial charge is 0.251 e. The molecule has 1 aromatic carbocycles. The van der Waals surface area contributed by atoms with E-state index in [1.54, 1.807) is 12.1 Å². The van der Waals surface area contributed by atoms with Gasteiger partial charge in [-0.3, -0.25) is 9.59 Å². The zero-order valence-corrected chi connectivity index (χ0v) is 15.9. The molecular formula is C19H22N8O2. The maximum atomic E-state index is 12.4. The molecule has 0 radical (unpaired) electrons. The first-order valence-corrected chi connectivity index (χ1v) is 9.62. The summed E-state index contributed by atoms with van der Waals surface area (Å²) in [5.41, 5.74) is 1.21. The van der Waals surface area contributed by atoms with Crippen molar-refractivity contribution in [1.82, 2.24) is 35.9 Å². The molecule has 2 aromatic heterocycles. The number of amides is 2. The lowest BCUT2D eigenvalue weighted by atomic mass is 9.96. The Kier molecular flexibility index (Phi) is 5.59. The van der Waals surface area contributed by atoms with Crippen LogP contribution in [0.2, 0.25) is 0 Å². The molecule has 3 heterocycles. The summed E-state index contributed by atoms with van der Waals surface area (Å²) in [5.74, 6) is 0.655. The highest BCUT2D eigenvalue weighted by Crippen LogP contribution is 2.21. The van der Waals surface area contributed by atoms with Crippen molar-refractivity contribution >= 4 is 23.3 Å². The molecule has 29 heavy (non-hydrogen) atoms. The zero-order chi connectivity index (χ0) is 20.1. The van der Waals surface area contributed by atoms with Gasteiger partial charge in [0, 0.05) is 37.7 Å². The minimum atomic E-state index is -0.139. The van der Waals surface area contributed by atoms with Crippen molar-refractivity contribution in [3.8, 4) is 0 Å². The van der Waals surface area contributed by atoms with Crippen LogP contribution in [0.5, 0.6) is 0 Å². The number of hydrogen-bond acceptors (Lipinski definition) is 7. The number of carbonyl (C=O) groups is 2. The third-order valence-corrected chi connectivity index (χ3v) is 4.99. The van der Waals surface area contributed by atoms with Crippen molar-refractivity contribution in [2.24, 2.45) is 5.92 Å². The van der Waals surface area contributed by atoms with Crippen LogP contribution in [0.15, 0.2) is 42.5 Å². The van der Waals surface area contributed by atoms with Crippen LogP contribution in [0, 0.1) is 5.92 Å². The Bertz CT molecular complexity index is 982. The van der Waals surface area contributed by atoms with Gasteiger partial charge in [-0.2, -0.15) is 0 Å². The van der Waals surface area contributed by atoms with Gasteiger partial charge in [0.2, 0.25) is 5.91 Å². The first kappa shape index (κ1) is 18.8. The number of benzene rings is 1. The van der Waals surface area contributed by atoms with E-state index in [9.17, 15) is 9.59 Å². The highest BCUT2D eigenvalue weighted by atomic mass is 16.2. The number of tetrazole rings is 1. The number of anilines is 1. The lowest BCUT2D eigenvalue weighted by Gasteiger charge is -2.31. The van der Waals surface area contributed by atoms with Crippen LogP contribution in [0.1, 0.15) is 23.2 Å². The molecule has 0 saturated carbocycles. The van der Waals surface area contributed by atoms with E-state index in [1.165, 1.54) is 4.63 Å². The molecular weight excluding hydrogens is 372 g/mol. The summed E-state index contributed by atoms with van der Waals surface area (Å²) in [6.45, 7) is 2.29. The van der Waals surface area contributed by atoms with Gasteiger partial charge in [0.15, 0.2) is 11.5 Å². The van der Waals surface area contributed by atoms with Gasteiger partial charge >= 0.3 is 0 Å². The molecule has 1 aliphatic rings. The summed E-state index contributed by atoms with van der Waals surface area (Å²) >= 11 is 0. The van der Waals surface area contributed by atoms with Crippen LogP contribution < -0.4 is 15.5 Å². The predicted molar refractivity (Wildman–Crippen MR) is 105 cm³/mol. The Hall–Kier alpha value is -3.56. The Morgan fingerprint density at radius 1 is 1.00 bits per heavy atom. The van der Waals surface area contributed by atoms with Gasteiger partial charge in [0.05, 0.1) is 0 Å². The highest BCUT2D eigenvalue weighted by molar-refractivity contribution is 5.94. The summed E-state index contributed by atoms with van der Waals surface area (Å²) in [6, 6.07) is 12.7. The van der Waals surface area contributed by atoms with Crippen LogP contribution in [0.25, 0.3) is 5.65 Å². The van der Waals surface area contributed by atoms with Gasteiger partial charge in [-0.1, -0.05) is 18.2 Å². The van der Waals surface area contributed by atoms with Gasteiger partial charge in [0.25, 0.3) is 5.91 Å². The third kappa shape index (κ3) is 4.48. The maximum absolute atomic E-state index is 12.4. The molecule has 150 valence electrons. The van der Waals surface area contributed by atoms with Crippen molar-refractivity contribution in [3.63, 3.8) is 0 Å². The largest absolute Gasteiger partial charge is 0.355 e. The first-order valence-electron chi connectivity index (χ1n) is 9.62. The van der Waals surface area contributed by atoms with E-state index in [0.717, 1.165) is 31.7 Å². The second kappa shape index (κ2) is 8.63. The van der Waals surface area contributed by atoms with E-state index in [-0.39, 0.29) is 17.7 Å². The Labute approximate surface area is 167 Å². The molecule has 10 heteroatoms. The van der Waals surface area contributed by atoms with Crippen LogP contribution >= 0.6 is 0 Å². The fraction of sp³-hybridized carbons (Fsp3) is 0.368. The number of carbonyl (C=O) groups excluding carboxylic acids is 2. The van der Waals surface area contributed by atoms with E-state index < -0.39 is 0 Å². The molecule has 0 bridgehead atoms. The normalized spacial score (nSPS) is 14.7. The number of fused-ring (bicyclic) bond motifs is 1. The summed E-state index contributed by atoms with van der Waals surface area (Å²) in [6.07, 6.45) is 1.50. The van der Waals surface area contributed by atoms with E-state index in [0.29, 0.717) is 24.3 Å². The van der Waals surface area contributed by atoms with E-state index >= 15 is 0 Å². The van der Waals surface area contributed by atoms with Gasteiger partial charge in [-0.15, -0.1) is 14.8 Å². The number of piperidine rings is 1. The summed E-state index contributed by atoms with van der Waals surface area (Å²) in [4.78, 5) is 26.5. The lowest BCUT2D eigenvalue weighted by Crippen LogP contribution is -2.42. The topological polar surface area (TPSA) is 117 Å². The second-order valence-corrected chi connectivity index (χ2v) is 6.89. The molecule has 0 spiro atoms. The Balaban J connectivity index is 1.19. The highest BCUT2D eigenvalue weighted by Gasteiger charge is 2.25. The standard InChI is InChI=1S/C19H22N8O2/c28-18(14-4-2-1-3-5-14)20-10-11-21-19(29)15-8-12-26(13-9-15)17-7-6-16-22-24-25-27(16)23-17/h1-7,15H,8-13H2,(H,20,28)(H,21,29). The number of rotatable bonds is 6. The summed E-state index contributed by atoms with van der Waals surface area (Å²) in [5, 5.41) is 21.4. The molecule has 1 saturated heterocycles. The molecule has 1 aliphatic heterocycles. The van der Waals surface area contributed by atoms with E-state index in [2.05, 4.69) is 36.2 Å². The summed E-state index contributed by atoms with van der Waals surface area (Å²) < 4.78 is 1.40. The van der Waals surface area contributed by atoms with Crippen LogP contribution in [0.4, 0.5) is 5.82 Å². The maximum Gasteiger partial charge on any atom is 0.251 e. The Morgan fingerprint density at radius 2 is 1.76 bits per heavy atom. The second-order valence-electron chi connectivity index (χ2n) is 6.89. The summed E-state index contributed by atoms with van der Waals surface area (Å²) in [7, 11) is 0. The van der Waals surface area contributed by atoms with Crippen molar-refractivity contribution in [1.29, 1.82) is 0 Å². The van der Waals surface area contributed by atoms with Crippen LogP contribution in [-0.4, -0.2) is 63.2 Å². The number of nitrogens with one attached hydrogen (secondary N) is 2. The molecule has 4 rings (SSSR count). The van der Waals surface area contributed by atoms with Gasteiger partial charge in [0.1, 0.15) is 0 Å². The minimum absolute atomic E-state index is 0.0301. The quantitative estimate of drug-likeness (QED) is 0.577. The molecule has 2 N–H and O–H groups in total. The van der Waals surface area contributed by atoms with Crippen LogP contribution in [-0.2, 0) is 4.79 Å². The van der Waals surface area contributed by atoms with Gasteiger partial charge < -0.3 is 15.5 Å². The van der Waals surface area contributed by atoms with Crippen molar-refractivity contribution < 1.29 is 9.59 Å². The lowest BCUT2D eigenvalue weighted by molar-refractivity contribution is -0.125. The van der Waals surface area contributed by atoms with E-state index in [4.69, 9.17) is 0 Å². The average molecular weight is 394 g/mol. The number of hydrogen-bond donors (Lipinski definition) is 2. The first-order chi connectivity index (χ1) is 14.2. The fourth-order valence-electron chi connectivity index (χ4n) is 3.38. The third-order valence-electron chi connectivity index (χ3n) is 4.99. The monoisotopic (exact) mass is 394 g/mol. The van der Waals surface area contributed by atoms with Crippen molar-refractivity contribution in [2.75, 3.05) is 31.1 Å². The van der Waals surface area contributed by atoms with Crippen molar-refractivity contribution in [3.05, 3.63) is 48.0 Å². The molecule has 10 nitrogen and oxygen atoms in total. The van der Waals surface area contributed by atoms with E-state index in [1.807, 2.05) is 30.3 Å². The molecule has 3 aromatic rings. The molecule has 1 fully saturated rings. The number of aromatic nitrogens is 5. The van der Waals surface area contributed by atoms with Crippen LogP contribution in [0.3, 0.4) is 0 Å². The molecule has 0 atom stereocenters. The molecule has 0 unspecified atom stereocenters. The average Bonchev–Trinajstić information content (AvgIpc) is 3.25. The SMILES string of the molecule is O=C(NCCNC(=O)C1CCN(c2ccc3nnnn3n2)CC1)c1ccccc1.